The second kappa shape index (κ2) is 4.01. The molecule has 0 fully saturated rings. The first-order valence-corrected chi connectivity index (χ1v) is 4.68. The van der Waals surface area contributed by atoms with Gasteiger partial charge in [0.15, 0.2) is 5.82 Å². The third-order valence-electron chi connectivity index (χ3n) is 1.43. The van der Waals surface area contributed by atoms with Crippen molar-refractivity contribution in [2.75, 3.05) is 5.73 Å². The molecular formula is C8H7N5S. The van der Waals surface area contributed by atoms with E-state index < -0.39 is 0 Å². The van der Waals surface area contributed by atoms with E-state index in [9.17, 15) is 0 Å². The van der Waals surface area contributed by atoms with Crippen LogP contribution in [0.2, 0.25) is 0 Å². The minimum atomic E-state index is 0.406. The monoisotopic (exact) mass is 205 g/mol. The molecule has 5 nitrogen and oxygen atoms in total. The van der Waals surface area contributed by atoms with Gasteiger partial charge < -0.3 is 5.73 Å². The number of aromatic nitrogens is 4. The molecule has 0 radical (unpaired) electrons. The molecule has 0 amide bonds. The number of hydrogen-bond acceptors (Lipinski definition) is 6. The summed E-state index contributed by atoms with van der Waals surface area (Å²) in [5, 5.41) is 1.40. The van der Waals surface area contributed by atoms with Crippen LogP contribution in [0.25, 0.3) is 0 Å². The minimum absolute atomic E-state index is 0.406. The zero-order valence-electron chi connectivity index (χ0n) is 7.16. The maximum absolute atomic E-state index is 5.63. The van der Waals surface area contributed by atoms with Gasteiger partial charge in [-0.25, -0.2) is 15.0 Å². The molecule has 0 atom stereocenters. The van der Waals surface area contributed by atoms with Gasteiger partial charge in [-0.15, -0.1) is 0 Å². The number of rotatable bonds is 2. The molecule has 0 bridgehead atoms. The summed E-state index contributed by atoms with van der Waals surface area (Å²) in [6.07, 6.45) is 8.03. The highest BCUT2D eigenvalue weighted by Crippen LogP contribution is 2.25. The van der Waals surface area contributed by atoms with E-state index in [0.717, 1.165) is 5.03 Å². The van der Waals surface area contributed by atoms with E-state index in [4.69, 9.17) is 5.73 Å². The van der Waals surface area contributed by atoms with Crippen molar-refractivity contribution in [2.24, 2.45) is 0 Å². The van der Waals surface area contributed by atoms with Crippen LogP contribution in [0.1, 0.15) is 0 Å². The summed E-state index contributed by atoms with van der Waals surface area (Å²) in [4.78, 5) is 16.0. The SMILES string of the molecule is Nc1nccnc1Sc1cnccn1. The quantitative estimate of drug-likeness (QED) is 0.788. The lowest BCUT2D eigenvalue weighted by atomic mass is 10.7. The lowest BCUT2D eigenvalue weighted by Crippen LogP contribution is -1.94. The summed E-state index contributed by atoms with van der Waals surface area (Å²) in [5.41, 5.74) is 5.63. The number of nitrogens with zero attached hydrogens (tertiary/aromatic N) is 4. The van der Waals surface area contributed by atoms with Crippen molar-refractivity contribution in [2.45, 2.75) is 10.1 Å². The summed E-state index contributed by atoms with van der Waals surface area (Å²) < 4.78 is 0. The number of nitrogen functional groups attached to an aromatic ring is 1. The molecule has 0 saturated heterocycles. The molecule has 0 aliphatic carbocycles. The topological polar surface area (TPSA) is 77.6 Å². The second-order valence-electron chi connectivity index (χ2n) is 2.39. The average Bonchev–Trinajstić information content (AvgIpc) is 2.23. The molecule has 14 heavy (non-hydrogen) atoms. The Labute approximate surface area is 84.8 Å². The molecule has 2 heterocycles. The third-order valence-corrected chi connectivity index (χ3v) is 2.36. The van der Waals surface area contributed by atoms with Crippen molar-refractivity contribution in [1.82, 2.24) is 19.9 Å². The fourth-order valence-electron chi connectivity index (χ4n) is 0.852. The van der Waals surface area contributed by atoms with Gasteiger partial charge in [0.2, 0.25) is 0 Å². The highest BCUT2D eigenvalue weighted by atomic mass is 32.2. The summed E-state index contributed by atoms with van der Waals surface area (Å²) >= 11 is 1.34. The van der Waals surface area contributed by atoms with Gasteiger partial charge in [0, 0.05) is 24.8 Å². The molecule has 2 rings (SSSR count). The standard InChI is InChI=1S/C8H7N5S/c9-7-8(13-4-3-12-7)14-6-5-10-1-2-11-6/h1-5H,(H2,9,12). The van der Waals surface area contributed by atoms with Crippen molar-refractivity contribution in [3.63, 3.8) is 0 Å². The van der Waals surface area contributed by atoms with Crippen molar-refractivity contribution in [3.05, 3.63) is 31.0 Å². The highest BCUT2D eigenvalue weighted by Gasteiger charge is 2.03. The van der Waals surface area contributed by atoms with E-state index in [2.05, 4.69) is 19.9 Å². The van der Waals surface area contributed by atoms with E-state index in [-0.39, 0.29) is 0 Å². The Balaban J connectivity index is 2.24. The van der Waals surface area contributed by atoms with E-state index in [0.29, 0.717) is 10.8 Å². The highest BCUT2D eigenvalue weighted by molar-refractivity contribution is 7.99. The van der Waals surface area contributed by atoms with Gasteiger partial charge in [-0.2, -0.15) is 0 Å². The van der Waals surface area contributed by atoms with Crippen molar-refractivity contribution in [3.8, 4) is 0 Å². The first-order chi connectivity index (χ1) is 6.86. The Hall–Kier alpha value is -1.69. The molecule has 0 saturated carbocycles. The van der Waals surface area contributed by atoms with Crippen LogP contribution >= 0.6 is 11.8 Å². The van der Waals surface area contributed by atoms with Gasteiger partial charge in [0.05, 0.1) is 6.20 Å². The number of hydrogen-bond donors (Lipinski definition) is 1. The molecule has 6 heteroatoms. The largest absolute Gasteiger partial charge is 0.381 e. The summed E-state index contributed by atoms with van der Waals surface area (Å²) in [7, 11) is 0. The Morgan fingerprint density at radius 3 is 2.50 bits per heavy atom. The van der Waals surface area contributed by atoms with Crippen molar-refractivity contribution in [1.29, 1.82) is 0 Å². The van der Waals surface area contributed by atoms with E-state index in [1.54, 1.807) is 31.0 Å². The molecule has 0 aliphatic rings. The van der Waals surface area contributed by atoms with E-state index in [1.165, 1.54) is 11.8 Å². The lowest BCUT2D eigenvalue weighted by molar-refractivity contribution is 1.03. The van der Waals surface area contributed by atoms with Crippen molar-refractivity contribution < 1.29 is 0 Å². The predicted molar refractivity (Wildman–Crippen MR) is 52.6 cm³/mol. The van der Waals surface area contributed by atoms with Gasteiger partial charge >= 0.3 is 0 Å². The zero-order chi connectivity index (χ0) is 9.80. The Morgan fingerprint density at radius 2 is 1.79 bits per heavy atom. The number of anilines is 1. The Kier molecular flexibility index (Phi) is 2.55. The van der Waals surface area contributed by atoms with Gasteiger partial charge in [-0.1, -0.05) is 0 Å². The van der Waals surface area contributed by atoms with Crippen LogP contribution in [-0.4, -0.2) is 19.9 Å². The molecule has 70 valence electrons. The molecule has 2 aromatic rings. The molecule has 2 aromatic heterocycles. The average molecular weight is 205 g/mol. The van der Waals surface area contributed by atoms with Gasteiger partial charge in [-0.05, 0) is 11.8 Å². The summed E-state index contributed by atoms with van der Waals surface area (Å²) in [5.74, 6) is 0.406. The van der Waals surface area contributed by atoms with Crippen LogP contribution in [0.4, 0.5) is 5.82 Å². The van der Waals surface area contributed by atoms with E-state index in [1.807, 2.05) is 0 Å². The Bertz CT molecular complexity index is 419. The molecule has 0 aliphatic heterocycles. The predicted octanol–water partition coefficient (Wildman–Crippen LogP) is 1.000. The molecule has 0 spiro atoms. The molecule has 2 N–H and O–H groups in total. The van der Waals surface area contributed by atoms with Gasteiger partial charge in [-0.3, -0.25) is 4.98 Å². The minimum Gasteiger partial charge on any atom is -0.381 e. The summed E-state index contributed by atoms with van der Waals surface area (Å²) in [6, 6.07) is 0. The third kappa shape index (κ3) is 1.97. The number of nitrogens with two attached hydrogens (primary N) is 1. The second-order valence-corrected chi connectivity index (χ2v) is 3.40. The zero-order valence-corrected chi connectivity index (χ0v) is 7.98. The molecule has 0 unspecified atom stereocenters. The van der Waals surface area contributed by atoms with Crippen LogP contribution < -0.4 is 5.73 Å². The van der Waals surface area contributed by atoms with Crippen LogP contribution in [0.5, 0.6) is 0 Å². The maximum Gasteiger partial charge on any atom is 0.156 e. The van der Waals surface area contributed by atoms with Crippen molar-refractivity contribution >= 4 is 17.6 Å². The lowest BCUT2D eigenvalue weighted by Gasteiger charge is -2.00. The first-order valence-electron chi connectivity index (χ1n) is 3.86. The first kappa shape index (κ1) is 8.89. The van der Waals surface area contributed by atoms with Crippen LogP contribution in [0.3, 0.4) is 0 Å². The van der Waals surface area contributed by atoms with Crippen LogP contribution in [-0.2, 0) is 0 Å². The van der Waals surface area contributed by atoms with E-state index >= 15 is 0 Å². The summed E-state index contributed by atoms with van der Waals surface area (Å²) in [6.45, 7) is 0. The van der Waals surface area contributed by atoms with Gasteiger partial charge in [0.25, 0.3) is 0 Å². The fourth-order valence-corrected chi connectivity index (χ4v) is 1.55. The van der Waals surface area contributed by atoms with Gasteiger partial charge in [0.1, 0.15) is 10.1 Å². The Morgan fingerprint density at radius 1 is 1.00 bits per heavy atom. The molecular weight excluding hydrogens is 198 g/mol. The smallest absolute Gasteiger partial charge is 0.156 e. The van der Waals surface area contributed by atoms with Crippen LogP contribution in [0.15, 0.2) is 41.0 Å². The fraction of sp³-hybridized carbons (Fsp3) is 0. The molecule has 0 aromatic carbocycles. The maximum atomic E-state index is 5.63. The normalized spacial score (nSPS) is 10.0. The van der Waals surface area contributed by atoms with Crippen LogP contribution in [0, 0.1) is 0 Å².